The number of ether oxygens (including phenoxy) is 1. The zero-order chi connectivity index (χ0) is 18.8. The molecule has 0 saturated carbocycles. The standard InChI is InChI=1S/C20H20N4O2S/c1-3-12-27-20-22-19(25)17-13-8-4-6-10-15(13)21-18(24(17)23-20)14-9-5-7-11-16(14)26-2/h4-11,18H,3,12H2,1-2H3,(H,22,23,25)/t18-/m0/s1. The number of nitrogens with zero attached hydrogens (tertiary/aromatic N) is 3. The van der Waals surface area contributed by atoms with E-state index in [1.54, 1.807) is 12.1 Å². The number of hydrogen-bond donors (Lipinski definition) is 1. The topological polar surface area (TPSA) is 66.3 Å². The second kappa shape index (κ2) is 7.44. The van der Waals surface area contributed by atoms with E-state index >= 15 is 0 Å². The Hall–Kier alpha value is -2.80. The minimum atomic E-state index is -0.464. The van der Waals surface area contributed by atoms with Crippen LogP contribution in [0.4, 0.5) is 0 Å². The van der Waals surface area contributed by atoms with Crippen LogP contribution in [0.5, 0.6) is 5.75 Å². The summed E-state index contributed by atoms with van der Waals surface area (Å²) in [6, 6.07) is 15.3. The first kappa shape index (κ1) is 17.6. The fourth-order valence-electron chi connectivity index (χ4n) is 3.17. The third-order valence-corrected chi connectivity index (χ3v) is 5.44. The normalized spacial score (nSPS) is 18.1. The lowest BCUT2D eigenvalue weighted by Gasteiger charge is -2.34. The third-order valence-electron chi connectivity index (χ3n) is 4.38. The first-order chi connectivity index (χ1) is 13.2. The molecule has 4 rings (SSSR count). The second-order valence-corrected chi connectivity index (χ2v) is 7.25. The Balaban J connectivity index is 1.92. The number of methoxy groups -OCH3 is 1. The van der Waals surface area contributed by atoms with E-state index in [2.05, 4.69) is 12.2 Å². The summed E-state index contributed by atoms with van der Waals surface area (Å²) in [6.07, 6.45) is 0.536. The lowest BCUT2D eigenvalue weighted by Crippen LogP contribution is -2.50. The molecule has 0 spiro atoms. The maximum Gasteiger partial charge on any atom is 0.276 e. The lowest BCUT2D eigenvalue weighted by molar-refractivity contribution is -0.116. The largest absolute Gasteiger partial charge is 0.496 e. The van der Waals surface area contributed by atoms with E-state index in [9.17, 15) is 4.79 Å². The quantitative estimate of drug-likeness (QED) is 0.881. The Morgan fingerprint density at radius 1 is 1.19 bits per heavy atom. The van der Waals surface area contributed by atoms with Crippen LogP contribution < -0.4 is 20.6 Å². The molecule has 1 amide bonds. The Kier molecular flexibility index (Phi) is 4.85. The molecular weight excluding hydrogens is 360 g/mol. The zero-order valence-electron chi connectivity index (χ0n) is 15.2. The molecule has 0 aliphatic carbocycles. The predicted octanol–water partition coefficient (Wildman–Crippen LogP) is 1.98. The molecule has 2 aromatic rings. The fraction of sp³-hybridized carbons (Fsp3) is 0.250. The van der Waals surface area contributed by atoms with Crippen molar-refractivity contribution in [3.63, 3.8) is 0 Å². The van der Waals surface area contributed by atoms with Crippen LogP contribution in [0.3, 0.4) is 0 Å². The number of rotatable bonds is 4. The summed E-state index contributed by atoms with van der Waals surface area (Å²) in [5, 5.41) is 11.5. The maximum atomic E-state index is 12.9. The summed E-state index contributed by atoms with van der Waals surface area (Å²) in [5.74, 6) is 1.44. The van der Waals surface area contributed by atoms with E-state index in [4.69, 9.17) is 14.8 Å². The monoisotopic (exact) mass is 380 g/mol. The average Bonchev–Trinajstić information content (AvgIpc) is 2.71. The molecule has 0 unspecified atom stereocenters. The van der Waals surface area contributed by atoms with Crippen molar-refractivity contribution in [1.82, 2.24) is 10.3 Å². The van der Waals surface area contributed by atoms with Crippen LogP contribution in [-0.2, 0) is 4.79 Å². The van der Waals surface area contributed by atoms with E-state index < -0.39 is 6.17 Å². The van der Waals surface area contributed by atoms with Crippen molar-refractivity contribution in [2.24, 2.45) is 10.1 Å². The van der Waals surface area contributed by atoms with Gasteiger partial charge in [0.15, 0.2) is 11.3 Å². The van der Waals surface area contributed by atoms with Crippen LogP contribution in [0.25, 0.3) is 5.70 Å². The third kappa shape index (κ3) is 3.19. The minimum Gasteiger partial charge on any atom is -0.496 e. The van der Waals surface area contributed by atoms with E-state index in [0.29, 0.717) is 16.6 Å². The van der Waals surface area contributed by atoms with Gasteiger partial charge in [0.2, 0.25) is 0 Å². The molecule has 2 aromatic carbocycles. The van der Waals surface area contributed by atoms with Crippen LogP contribution in [0, 0.1) is 0 Å². The van der Waals surface area contributed by atoms with Gasteiger partial charge in [0.05, 0.1) is 12.5 Å². The molecule has 138 valence electrons. The van der Waals surface area contributed by atoms with Crippen molar-refractivity contribution in [3.8, 4) is 5.75 Å². The van der Waals surface area contributed by atoms with Crippen LogP contribution in [0.2, 0.25) is 0 Å². The summed E-state index contributed by atoms with van der Waals surface area (Å²) >= 11 is 1.54. The highest BCUT2D eigenvalue weighted by molar-refractivity contribution is 8.13. The van der Waals surface area contributed by atoms with Crippen molar-refractivity contribution in [1.29, 1.82) is 0 Å². The fourth-order valence-corrected chi connectivity index (χ4v) is 3.88. The number of thioether (sulfide) groups is 1. The molecular formula is C20H20N4O2S. The number of para-hydroxylation sites is 2. The number of hydrazone groups is 1. The van der Waals surface area contributed by atoms with E-state index in [1.807, 2.05) is 48.5 Å². The Morgan fingerprint density at radius 2 is 1.96 bits per heavy atom. The summed E-state index contributed by atoms with van der Waals surface area (Å²) in [4.78, 5) is 17.8. The van der Waals surface area contributed by atoms with Gasteiger partial charge in [-0.2, -0.15) is 0 Å². The zero-order valence-corrected chi connectivity index (χ0v) is 16.0. The van der Waals surface area contributed by atoms with Crippen LogP contribution in [0.1, 0.15) is 25.1 Å². The molecule has 0 radical (unpaired) electrons. The molecule has 27 heavy (non-hydrogen) atoms. The first-order valence-corrected chi connectivity index (χ1v) is 9.83. The Labute approximate surface area is 161 Å². The van der Waals surface area contributed by atoms with Gasteiger partial charge in [0.1, 0.15) is 11.4 Å². The molecule has 0 saturated heterocycles. The number of fused-ring (bicyclic) bond motifs is 2. The van der Waals surface area contributed by atoms with Crippen LogP contribution in [-0.4, -0.2) is 28.9 Å². The van der Waals surface area contributed by atoms with Crippen LogP contribution in [0.15, 0.2) is 58.6 Å². The van der Waals surface area contributed by atoms with Gasteiger partial charge in [-0.05, 0) is 18.6 Å². The second-order valence-electron chi connectivity index (χ2n) is 6.16. The average molecular weight is 380 g/mol. The Bertz CT molecular complexity index is 1030. The molecule has 2 aliphatic heterocycles. The van der Waals surface area contributed by atoms with Crippen molar-refractivity contribution < 1.29 is 9.53 Å². The molecule has 7 heteroatoms. The van der Waals surface area contributed by atoms with E-state index in [1.165, 1.54) is 11.8 Å². The van der Waals surface area contributed by atoms with E-state index in [0.717, 1.165) is 28.3 Å². The summed E-state index contributed by atoms with van der Waals surface area (Å²) < 4.78 is 5.53. The first-order valence-electron chi connectivity index (χ1n) is 8.85. The van der Waals surface area contributed by atoms with Crippen molar-refractivity contribution in [2.75, 3.05) is 12.9 Å². The number of carbonyl (C=O) groups is 1. The molecule has 0 aromatic heterocycles. The number of amides is 1. The summed E-state index contributed by atoms with van der Waals surface area (Å²) in [5.41, 5.74) is 1.38. The molecule has 0 bridgehead atoms. The Morgan fingerprint density at radius 3 is 2.78 bits per heavy atom. The molecule has 0 fully saturated rings. The minimum absolute atomic E-state index is 0.161. The molecule has 2 heterocycles. The molecule has 1 N–H and O–H groups in total. The summed E-state index contributed by atoms with van der Waals surface area (Å²) in [7, 11) is 1.63. The molecule has 1 atom stereocenters. The lowest BCUT2D eigenvalue weighted by atomic mass is 10.1. The van der Waals surface area contributed by atoms with Crippen molar-refractivity contribution >= 4 is 28.5 Å². The van der Waals surface area contributed by atoms with Gasteiger partial charge < -0.3 is 4.74 Å². The van der Waals surface area contributed by atoms with Gasteiger partial charge in [-0.25, -0.2) is 5.01 Å². The van der Waals surface area contributed by atoms with Gasteiger partial charge in [-0.1, -0.05) is 55.1 Å². The SMILES string of the molecule is CCCSC1=NN2C(=c3ccccc3=N[C@@H]2c2ccccc2OC)C(=O)N1. The number of carbonyl (C=O) groups excluding carboxylic acids is 1. The predicted molar refractivity (Wildman–Crippen MR) is 107 cm³/mol. The van der Waals surface area contributed by atoms with Gasteiger partial charge in [-0.15, -0.1) is 5.10 Å². The smallest absolute Gasteiger partial charge is 0.276 e. The van der Waals surface area contributed by atoms with Gasteiger partial charge in [-0.3, -0.25) is 15.1 Å². The summed E-state index contributed by atoms with van der Waals surface area (Å²) in [6.45, 7) is 2.10. The van der Waals surface area contributed by atoms with Gasteiger partial charge in [0, 0.05) is 16.5 Å². The highest BCUT2D eigenvalue weighted by Crippen LogP contribution is 2.35. The molecule has 6 nitrogen and oxygen atoms in total. The number of benzene rings is 2. The number of amidine groups is 1. The highest BCUT2D eigenvalue weighted by atomic mass is 32.2. The maximum absolute atomic E-state index is 12.9. The molecule has 2 aliphatic rings. The van der Waals surface area contributed by atoms with Gasteiger partial charge >= 0.3 is 0 Å². The number of nitrogens with one attached hydrogen (secondary N) is 1. The van der Waals surface area contributed by atoms with Gasteiger partial charge in [0.25, 0.3) is 5.91 Å². The van der Waals surface area contributed by atoms with Crippen molar-refractivity contribution in [3.05, 3.63) is 64.7 Å². The van der Waals surface area contributed by atoms with E-state index in [-0.39, 0.29) is 5.91 Å². The highest BCUT2D eigenvalue weighted by Gasteiger charge is 2.35. The number of hydrogen-bond acceptors (Lipinski definition) is 6. The van der Waals surface area contributed by atoms with Crippen molar-refractivity contribution in [2.45, 2.75) is 19.5 Å². The van der Waals surface area contributed by atoms with Crippen LogP contribution >= 0.6 is 11.8 Å².